The van der Waals surface area contributed by atoms with Gasteiger partial charge < -0.3 is 9.84 Å². The number of benzene rings is 1. The average Bonchev–Trinajstić information content (AvgIpc) is 2.34. The van der Waals surface area contributed by atoms with Crippen LogP contribution in [0.25, 0.3) is 0 Å². The van der Waals surface area contributed by atoms with Gasteiger partial charge in [0.1, 0.15) is 0 Å². The number of esters is 1. The van der Waals surface area contributed by atoms with Gasteiger partial charge in [-0.1, -0.05) is 26.0 Å². The van der Waals surface area contributed by atoms with E-state index in [2.05, 4.69) is 0 Å². The number of nitro benzene ring substituents is 1. The van der Waals surface area contributed by atoms with E-state index in [9.17, 15) is 19.7 Å². The molecule has 102 valence electrons. The average molecular weight is 267 g/mol. The Labute approximate surface area is 109 Å². The summed E-state index contributed by atoms with van der Waals surface area (Å²) in [5, 5.41) is 19.9. The van der Waals surface area contributed by atoms with Gasteiger partial charge in [0.05, 0.1) is 16.4 Å². The zero-order valence-corrected chi connectivity index (χ0v) is 10.4. The number of carbonyl (C=O) groups excluding carboxylic acids is 1. The second kappa shape index (κ2) is 5.94. The Bertz CT molecular complexity index is 511. The van der Waals surface area contributed by atoms with E-state index >= 15 is 0 Å². The second-order valence-corrected chi connectivity index (χ2v) is 4.13. The highest BCUT2D eigenvalue weighted by Gasteiger charge is 2.31. The summed E-state index contributed by atoms with van der Waals surface area (Å²) >= 11 is 0. The van der Waals surface area contributed by atoms with Gasteiger partial charge >= 0.3 is 11.9 Å². The molecule has 1 aromatic carbocycles. The van der Waals surface area contributed by atoms with Crippen LogP contribution in [0.3, 0.4) is 0 Å². The standard InChI is InChI=1S/C12H13NO6/c1-7(2)12(16)19-10(11(14)15)8-5-3-4-6-9(8)13(17)18/h3-7,10H,1-2H3,(H,14,15). The Kier molecular flexibility index (Phi) is 4.57. The predicted octanol–water partition coefficient (Wildman–Crippen LogP) is 1.92. The SMILES string of the molecule is CC(C)C(=O)OC(C(=O)O)c1ccccc1[N+](=O)[O-]. The summed E-state index contributed by atoms with van der Waals surface area (Å²) in [6.45, 7) is 3.08. The molecule has 0 bridgehead atoms. The normalized spacial score (nSPS) is 11.9. The summed E-state index contributed by atoms with van der Waals surface area (Å²) in [5.74, 6) is -2.71. The number of nitro groups is 1. The summed E-state index contributed by atoms with van der Waals surface area (Å²) in [6, 6.07) is 5.27. The summed E-state index contributed by atoms with van der Waals surface area (Å²) in [5.41, 5.74) is -0.555. The third-order valence-corrected chi connectivity index (χ3v) is 2.35. The Morgan fingerprint density at radius 1 is 1.32 bits per heavy atom. The van der Waals surface area contributed by atoms with E-state index in [1.807, 2.05) is 0 Å². The lowest BCUT2D eigenvalue weighted by Crippen LogP contribution is -2.22. The number of carboxylic acids is 1. The predicted molar refractivity (Wildman–Crippen MR) is 64.4 cm³/mol. The summed E-state index contributed by atoms with van der Waals surface area (Å²) in [4.78, 5) is 32.7. The maximum absolute atomic E-state index is 11.5. The lowest BCUT2D eigenvalue weighted by atomic mass is 10.1. The van der Waals surface area contributed by atoms with E-state index in [1.165, 1.54) is 18.2 Å². The van der Waals surface area contributed by atoms with Crippen LogP contribution in [0.4, 0.5) is 5.69 Å². The third kappa shape index (κ3) is 3.51. The van der Waals surface area contributed by atoms with Crippen molar-refractivity contribution in [1.82, 2.24) is 0 Å². The molecule has 0 aromatic heterocycles. The van der Waals surface area contributed by atoms with Crippen LogP contribution in [0.5, 0.6) is 0 Å². The van der Waals surface area contributed by atoms with Gasteiger partial charge in [0.2, 0.25) is 6.10 Å². The Morgan fingerprint density at radius 3 is 2.37 bits per heavy atom. The van der Waals surface area contributed by atoms with Crippen molar-refractivity contribution in [1.29, 1.82) is 0 Å². The first-order valence-electron chi connectivity index (χ1n) is 5.51. The zero-order chi connectivity index (χ0) is 14.6. The van der Waals surface area contributed by atoms with Crippen LogP contribution in [0, 0.1) is 16.0 Å². The lowest BCUT2D eigenvalue weighted by molar-refractivity contribution is -0.386. The lowest BCUT2D eigenvalue weighted by Gasteiger charge is -2.15. The van der Waals surface area contributed by atoms with Crippen LogP contribution in [0.15, 0.2) is 24.3 Å². The molecule has 0 heterocycles. The van der Waals surface area contributed by atoms with Crippen LogP contribution in [0.1, 0.15) is 25.5 Å². The fraction of sp³-hybridized carbons (Fsp3) is 0.333. The molecule has 0 saturated heterocycles. The molecule has 19 heavy (non-hydrogen) atoms. The first-order valence-corrected chi connectivity index (χ1v) is 5.51. The Balaban J connectivity index is 3.17. The minimum Gasteiger partial charge on any atom is -0.478 e. The first-order chi connectivity index (χ1) is 8.84. The topological polar surface area (TPSA) is 107 Å². The molecule has 0 spiro atoms. The number of aliphatic carboxylic acids is 1. The van der Waals surface area contributed by atoms with E-state index < -0.39 is 34.6 Å². The van der Waals surface area contributed by atoms with Crippen molar-refractivity contribution in [2.45, 2.75) is 20.0 Å². The number of ether oxygens (including phenoxy) is 1. The largest absolute Gasteiger partial charge is 0.478 e. The molecule has 0 saturated carbocycles. The van der Waals surface area contributed by atoms with Crippen molar-refractivity contribution < 1.29 is 24.4 Å². The molecule has 0 aliphatic heterocycles. The number of carboxylic acid groups (broad SMARTS) is 1. The number of rotatable bonds is 5. The van der Waals surface area contributed by atoms with Gasteiger partial charge in [-0.05, 0) is 6.07 Å². The highest BCUT2D eigenvalue weighted by molar-refractivity contribution is 5.81. The van der Waals surface area contributed by atoms with Crippen LogP contribution in [-0.2, 0) is 14.3 Å². The molecular formula is C12H13NO6. The van der Waals surface area contributed by atoms with Gasteiger partial charge in [0.25, 0.3) is 5.69 Å². The van der Waals surface area contributed by atoms with Gasteiger partial charge in [-0.3, -0.25) is 14.9 Å². The van der Waals surface area contributed by atoms with Gasteiger partial charge in [0, 0.05) is 6.07 Å². The molecule has 1 N–H and O–H groups in total. The molecular weight excluding hydrogens is 254 g/mol. The van der Waals surface area contributed by atoms with Gasteiger partial charge in [-0.15, -0.1) is 0 Å². The number of hydrogen-bond donors (Lipinski definition) is 1. The molecule has 1 atom stereocenters. The molecule has 0 aliphatic carbocycles. The smallest absolute Gasteiger partial charge is 0.350 e. The van der Waals surface area contributed by atoms with Gasteiger partial charge in [0.15, 0.2) is 0 Å². The molecule has 7 heteroatoms. The highest BCUT2D eigenvalue weighted by Crippen LogP contribution is 2.28. The molecule has 7 nitrogen and oxygen atoms in total. The molecule has 1 aromatic rings. The molecule has 1 rings (SSSR count). The van der Waals surface area contributed by atoms with E-state index in [-0.39, 0.29) is 5.56 Å². The van der Waals surface area contributed by atoms with Gasteiger partial charge in [-0.2, -0.15) is 0 Å². The monoisotopic (exact) mass is 267 g/mol. The summed E-state index contributed by atoms with van der Waals surface area (Å²) in [6.07, 6.45) is -1.68. The summed E-state index contributed by atoms with van der Waals surface area (Å²) in [7, 11) is 0. The van der Waals surface area contributed by atoms with Gasteiger partial charge in [-0.25, -0.2) is 4.79 Å². The minimum atomic E-state index is -1.68. The molecule has 0 aliphatic rings. The number of nitrogens with zero attached hydrogens (tertiary/aromatic N) is 1. The Hall–Kier alpha value is -2.44. The molecule has 0 fully saturated rings. The second-order valence-electron chi connectivity index (χ2n) is 4.13. The van der Waals surface area contributed by atoms with Crippen molar-refractivity contribution in [3.05, 3.63) is 39.9 Å². The minimum absolute atomic E-state index is 0.158. The van der Waals surface area contributed by atoms with Crippen molar-refractivity contribution in [3.63, 3.8) is 0 Å². The fourth-order valence-electron chi connectivity index (χ4n) is 1.37. The van der Waals surface area contributed by atoms with Crippen molar-refractivity contribution in [2.24, 2.45) is 5.92 Å². The van der Waals surface area contributed by atoms with Crippen molar-refractivity contribution >= 4 is 17.6 Å². The van der Waals surface area contributed by atoms with Crippen LogP contribution in [0.2, 0.25) is 0 Å². The molecule has 0 radical (unpaired) electrons. The third-order valence-electron chi connectivity index (χ3n) is 2.35. The number of hydrogen-bond acceptors (Lipinski definition) is 5. The number of carbonyl (C=O) groups is 2. The fourth-order valence-corrected chi connectivity index (χ4v) is 1.37. The number of para-hydroxylation sites is 1. The summed E-state index contributed by atoms with van der Waals surface area (Å²) < 4.78 is 4.81. The van der Waals surface area contributed by atoms with Crippen molar-refractivity contribution in [3.8, 4) is 0 Å². The first kappa shape index (κ1) is 14.6. The van der Waals surface area contributed by atoms with E-state index in [0.717, 1.165) is 6.07 Å². The van der Waals surface area contributed by atoms with Crippen LogP contribution < -0.4 is 0 Å². The van der Waals surface area contributed by atoms with Crippen LogP contribution >= 0.6 is 0 Å². The van der Waals surface area contributed by atoms with Crippen LogP contribution in [-0.4, -0.2) is 22.0 Å². The molecule has 0 amide bonds. The van der Waals surface area contributed by atoms with E-state index in [0.29, 0.717) is 0 Å². The Morgan fingerprint density at radius 2 is 1.89 bits per heavy atom. The highest BCUT2D eigenvalue weighted by atomic mass is 16.6. The molecule has 1 unspecified atom stereocenters. The maximum atomic E-state index is 11.5. The van der Waals surface area contributed by atoms with Crippen molar-refractivity contribution in [2.75, 3.05) is 0 Å². The quantitative estimate of drug-likeness (QED) is 0.496. The zero-order valence-electron chi connectivity index (χ0n) is 10.4. The van der Waals surface area contributed by atoms with E-state index in [4.69, 9.17) is 9.84 Å². The maximum Gasteiger partial charge on any atom is 0.350 e. The van der Waals surface area contributed by atoms with E-state index in [1.54, 1.807) is 13.8 Å².